The maximum atomic E-state index is 5.52. The lowest BCUT2D eigenvalue weighted by atomic mass is 9.94. The Morgan fingerprint density at radius 1 is 1.24 bits per heavy atom. The molecule has 1 aliphatic heterocycles. The Morgan fingerprint density at radius 2 is 2.04 bits per heavy atom. The second kappa shape index (κ2) is 8.45. The van der Waals surface area contributed by atoms with Crippen LogP contribution < -0.4 is 4.74 Å². The summed E-state index contributed by atoms with van der Waals surface area (Å²) in [4.78, 5) is 9.21. The van der Waals surface area contributed by atoms with Crippen LogP contribution in [0.2, 0.25) is 0 Å². The van der Waals surface area contributed by atoms with Crippen molar-refractivity contribution >= 4 is 0 Å². The number of ether oxygens (including phenoxy) is 1. The smallest absolute Gasteiger partial charge is 0.119 e. The van der Waals surface area contributed by atoms with Crippen molar-refractivity contribution in [2.75, 3.05) is 33.8 Å². The molecule has 1 saturated heterocycles. The van der Waals surface area contributed by atoms with Gasteiger partial charge >= 0.3 is 0 Å². The molecule has 0 amide bonds. The first kappa shape index (κ1) is 17.9. The Kier molecular flexibility index (Phi) is 6.05. The van der Waals surface area contributed by atoms with Crippen LogP contribution >= 0.6 is 0 Å². The average molecular weight is 339 g/mol. The highest BCUT2D eigenvalue weighted by Gasteiger charge is 2.33. The van der Waals surface area contributed by atoms with Gasteiger partial charge in [-0.1, -0.05) is 18.2 Å². The number of likely N-dealkylation sites (tertiary alicyclic amines) is 1. The van der Waals surface area contributed by atoms with Crippen molar-refractivity contribution in [1.82, 2.24) is 14.8 Å². The van der Waals surface area contributed by atoms with Crippen LogP contribution in [-0.4, -0.2) is 48.6 Å². The number of nitrogens with zero attached hydrogens (tertiary/aromatic N) is 3. The van der Waals surface area contributed by atoms with E-state index < -0.39 is 0 Å². The summed E-state index contributed by atoms with van der Waals surface area (Å²) in [6.07, 6.45) is 5.11. The van der Waals surface area contributed by atoms with Crippen molar-refractivity contribution in [3.63, 3.8) is 0 Å². The van der Waals surface area contributed by atoms with Gasteiger partial charge < -0.3 is 9.64 Å². The van der Waals surface area contributed by atoms with E-state index in [9.17, 15) is 0 Å². The van der Waals surface area contributed by atoms with Gasteiger partial charge in [-0.2, -0.15) is 0 Å². The minimum Gasteiger partial charge on any atom is -0.494 e. The third-order valence-corrected chi connectivity index (χ3v) is 5.03. The number of benzene rings is 1. The molecule has 2 atom stereocenters. The number of pyridine rings is 1. The van der Waals surface area contributed by atoms with Crippen molar-refractivity contribution in [2.45, 2.75) is 25.9 Å². The largest absolute Gasteiger partial charge is 0.494 e. The number of aromatic nitrogens is 1. The van der Waals surface area contributed by atoms with E-state index in [2.05, 4.69) is 59.2 Å². The lowest BCUT2D eigenvalue weighted by Crippen LogP contribution is -2.30. The molecule has 0 unspecified atom stereocenters. The fourth-order valence-corrected chi connectivity index (χ4v) is 3.93. The van der Waals surface area contributed by atoms with Crippen LogP contribution in [-0.2, 0) is 6.54 Å². The van der Waals surface area contributed by atoms with E-state index in [-0.39, 0.29) is 0 Å². The van der Waals surface area contributed by atoms with Crippen LogP contribution in [0, 0.1) is 5.92 Å². The van der Waals surface area contributed by atoms with E-state index in [1.807, 2.05) is 25.4 Å². The average Bonchev–Trinajstić information content (AvgIpc) is 2.98. The molecule has 0 spiro atoms. The molecule has 4 nitrogen and oxygen atoms in total. The zero-order chi connectivity index (χ0) is 17.6. The summed E-state index contributed by atoms with van der Waals surface area (Å²) < 4.78 is 5.52. The third-order valence-electron chi connectivity index (χ3n) is 5.03. The van der Waals surface area contributed by atoms with Crippen LogP contribution in [0.5, 0.6) is 5.75 Å². The van der Waals surface area contributed by atoms with Crippen LogP contribution in [0.25, 0.3) is 0 Å². The predicted octanol–water partition coefficient (Wildman–Crippen LogP) is 3.61. The number of rotatable bonds is 7. The summed E-state index contributed by atoms with van der Waals surface area (Å²) in [5.41, 5.74) is 2.66. The van der Waals surface area contributed by atoms with E-state index in [4.69, 9.17) is 4.74 Å². The maximum absolute atomic E-state index is 5.52. The minimum absolute atomic E-state index is 0.469. The molecule has 0 saturated carbocycles. The second-order valence-corrected chi connectivity index (χ2v) is 7.03. The van der Waals surface area contributed by atoms with Gasteiger partial charge in [0, 0.05) is 31.5 Å². The van der Waals surface area contributed by atoms with E-state index in [1.54, 1.807) is 0 Å². The second-order valence-electron chi connectivity index (χ2n) is 7.03. The molecule has 2 heterocycles. The summed E-state index contributed by atoms with van der Waals surface area (Å²) in [6.45, 7) is 5.94. The summed E-state index contributed by atoms with van der Waals surface area (Å²) in [5.74, 6) is 1.59. The van der Waals surface area contributed by atoms with Crippen LogP contribution in [0.4, 0.5) is 0 Å². The van der Waals surface area contributed by atoms with Crippen LogP contribution in [0.1, 0.15) is 30.5 Å². The molecule has 1 aromatic carbocycles. The Labute approximate surface area is 151 Å². The molecule has 25 heavy (non-hydrogen) atoms. The van der Waals surface area contributed by atoms with Crippen molar-refractivity contribution in [3.05, 3.63) is 59.9 Å². The molecule has 3 rings (SSSR count). The Bertz CT molecular complexity index is 644. The monoisotopic (exact) mass is 339 g/mol. The zero-order valence-corrected chi connectivity index (χ0v) is 15.6. The molecule has 0 aliphatic carbocycles. The molecule has 2 aromatic rings. The molecule has 134 valence electrons. The van der Waals surface area contributed by atoms with Gasteiger partial charge in [-0.25, -0.2) is 0 Å². The van der Waals surface area contributed by atoms with E-state index >= 15 is 0 Å². The molecule has 0 N–H and O–H groups in total. The molecule has 1 aromatic heterocycles. The molecule has 0 bridgehead atoms. The fraction of sp³-hybridized carbons (Fsp3) is 0.476. The van der Waals surface area contributed by atoms with Gasteiger partial charge in [0.2, 0.25) is 0 Å². The first-order chi connectivity index (χ1) is 12.2. The topological polar surface area (TPSA) is 28.6 Å². The van der Waals surface area contributed by atoms with Gasteiger partial charge in [0.25, 0.3) is 0 Å². The summed E-state index contributed by atoms with van der Waals surface area (Å²) >= 11 is 0. The van der Waals surface area contributed by atoms with Gasteiger partial charge in [0.1, 0.15) is 5.75 Å². The lowest BCUT2D eigenvalue weighted by molar-refractivity contribution is 0.213. The predicted molar refractivity (Wildman–Crippen MR) is 102 cm³/mol. The van der Waals surface area contributed by atoms with Gasteiger partial charge in [-0.3, -0.25) is 9.88 Å². The molecule has 4 heteroatoms. The van der Waals surface area contributed by atoms with Crippen LogP contribution in [0.15, 0.2) is 48.8 Å². The SMILES string of the molecule is CCOc1ccc(CN(C)C[C@@H]2CCN(C)[C@H]2c2cccnc2)cc1. The van der Waals surface area contributed by atoms with Crippen molar-refractivity contribution in [1.29, 1.82) is 0 Å². The quantitative estimate of drug-likeness (QED) is 0.770. The fourth-order valence-electron chi connectivity index (χ4n) is 3.93. The van der Waals surface area contributed by atoms with Crippen molar-refractivity contribution in [3.8, 4) is 5.75 Å². The van der Waals surface area contributed by atoms with E-state index in [1.165, 1.54) is 17.5 Å². The molecule has 1 fully saturated rings. The molecule has 1 aliphatic rings. The maximum Gasteiger partial charge on any atom is 0.119 e. The first-order valence-corrected chi connectivity index (χ1v) is 9.18. The summed E-state index contributed by atoms with van der Waals surface area (Å²) in [5, 5.41) is 0. The lowest BCUT2D eigenvalue weighted by Gasteiger charge is -2.28. The van der Waals surface area contributed by atoms with Crippen molar-refractivity contribution in [2.24, 2.45) is 5.92 Å². The van der Waals surface area contributed by atoms with Gasteiger partial charge in [0.05, 0.1) is 6.61 Å². The highest BCUT2D eigenvalue weighted by Crippen LogP contribution is 2.36. The van der Waals surface area contributed by atoms with Gasteiger partial charge in [-0.15, -0.1) is 0 Å². The van der Waals surface area contributed by atoms with E-state index in [0.29, 0.717) is 18.6 Å². The van der Waals surface area contributed by atoms with Crippen molar-refractivity contribution < 1.29 is 4.74 Å². The number of hydrogen-bond acceptors (Lipinski definition) is 4. The molecule has 0 radical (unpaired) electrons. The molecular weight excluding hydrogens is 310 g/mol. The Morgan fingerprint density at radius 3 is 2.72 bits per heavy atom. The summed E-state index contributed by atoms with van der Waals surface area (Å²) in [6, 6.07) is 13.2. The number of hydrogen-bond donors (Lipinski definition) is 0. The van der Waals surface area contributed by atoms with E-state index in [0.717, 1.165) is 25.4 Å². The van der Waals surface area contributed by atoms with Crippen LogP contribution in [0.3, 0.4) is 0 Å². The molecular formula is C21H29N3O. The first-order valence-electron chi connectivity index (χ1n) is 9.18. The van der Waals surface area contributed by atoms with Gasteiger partial charge in [0.15, 0.2) is 0 Å². The third kappa shape index (κ3) is 4.59. The zero-order valence-electron chi connectivity index (χ0n) is 15.6. The highest BCUT2D eigenvalue weighted by molar-refractivity contribution is 5.27. The standard InChI is InChI=1S/C21H29N3O/c1-4-25-20-9-7-17(8-10-20)15-23(2)16-19-11-13-24(3)21(19)18-6-5-12-22-14-18/h5-10,12,14,19,21H,4,11,13,15-16H2,1-3H3/t19-,21-/m0/s1. The van der Waals surface area contributed by atoms with Gasteiger partial charge in [-0.05, 0) is 69.2 Å². The normalized spacial score (nSPS) is 21.0. The Balaban J connectivity index is 1.60. The minimum atomic E-state index is 0.469. The Hall–Kier alpha value is -1.91. The highest BCUT2D eigenvalue weighted by atomic mass is 16.5. The summed E-state index contributed by atoms with van der Waals surface area (Å²) in [7, 11) is 4.44.